The maximum absolute atomic E-state index is 10.9. The van der Waals surface area contributed by atoms with Crippen LogP contribution in [0.15, 0.2) is 64.8 Å². The summed E-state index contributed by atoms with van der Waals surface area (Å²) >= 11 is 0. The standard InChI is InChI=1S/C14H13N3O/c1-11(18)15-13-8-5-9-14(10-13)17-16-12-6-3-2-4-7-12/h2-10H,1H3,(H,15,18). The Kier molecular flexibility index (Phi) is 3.81. The number of rotatable bonds is 3. The van der Waals surface area contributed by atoms with Crippen molar-refractivity contribution in [3.8, 4) is 0 Å². The maximum Gasteiger partial charge on any atom is 0.221 e. The molecule has 0 atom stereocenters. The first-order valence-corrected chi connectivity index (χ1v) is 5.58. The van der Waals surface area contributed by atoms with E-state index in [2.05, 4.69) is 15.5 Å². The lowest BCUT2D eigenvalue weighted by atomic mass is 10.3. The molecule has 2 rings (SSSR count). The highest BCUT2D eigenvalue weighted by Crippen LogP contribution is 2.21. The molecule has 0 saturated carbocycles. The molecule has 0 unspecified atom stereocenters. The van der Waals surface area contributed by atoms with Crippen molar-refractivity contribution in [1.82, 2.24) is 0 Å². The van der Waals surface area contributed by atoms with Gasteiger partial charge >= 0.3 is 0 Å². The molecule has 2 aromatic rings. The van der Waals surface area contributed by atoms with E-state index in [1.807, 2.05) is 48.5 Å². The molecule has 0 aromatic heterocycles. The van der Waals surface area contributed by atoms with Crippen molar-refractivity contribution in [3.63, 3.8) is 0 Å². The normalized spacial score (nSPS) is 10.5. The van der Waals surface area contributed by atoms with Crippen LogP contribution in [0, 0.1) is 0 Å². The molecular formula is C14H13N3O. The summed E-state index contributed by atoms with van der Waals surface area (Å²) in [6, 6.07) is 16.7. The average Bonchev–Trinajstić information content (AvgIpc) is 2.37. The number of amides is 1. The summed E-state index contributed by atoms with van der Waals surface area (Å²) in [5.41, 5.74) is 2.21. The first-order valence-electron chi connectivity index (χ1n) is 5.58. The minimum absolute atomic E-state index is 0.104. The van der Waals surface area contributed by atoms with E-state index < -0.39 is 0 Å². The van der Waals surface area contributed by atoms with Crippen molar-refractivity contribution in [2.24, 2.45) is 10.2 Å². The van der Waals surface area contributed by atoms with Crippen molar-refractivity contribution in [1.29, 1.82) is 0 Å². The summed E-state index contributed by atoms with van der Waals surface area (Å²) in [6.07, 6.45) is 0. The van der Waals surface area contributed by atoms with Gasteiger partial charge in [-0.3, -0.25) is 4.79 Å². The monoisotopic (exact) mass is 239 g/mol. The number of hydrogen-bond acceptors (Lipinski definition) is 3. The molecule has 4 heteroatoms. The average molecular weight is 239 g/mol. The molecule has 90 valence electrons. The largest absolute Gasteiger partial charge is 0.326 e. The second-order valence-corrected chi connectivity index (χ2v) is 3.77. The van der Waals surface area contributed by atoms with Crippen molar-refractivity contribution in [2.45, 2.75) is 6.92 Å². The van der Waals surface area contributed by atoms with E-state index >= 15 is 0 Å². The molecule has 1 amide bonds. The number of nitrogens with zero attached hydrogens (tertiary/aromatic N) is 2. The van der Waals surface area contributed by atoms with E-state index in [1.165, 1.54) is 6.92 Å². The van der Waals surface area contributed by atoms with Crippen LogP contribution in [0.5, 0.6) is 0 Å². The Hall–Kier alpha value is -2.49. The summed E-state index contributed by atoms with van der Waals surface area (Å²) in [4.78, 5) is 10.9. The third kappa shape index (κ3) is 3.52. The topological polar surface area (TPSA) is 53.8 Å². The third-order valence-corrected chi connectivity index (χ3v) is 2.20. The van der Waals surface area contributed by atoms with Crippen LogP contribution >= 0.6 is 0 Å². The molecule has 2 aromatic carbocycles. The molecule has 0 heterocycles. The first kappa shape index (κ1) is 12.0. The molecule has 18 heavy (non-hydrogen) atoms. The number of carbonyl (C=O) groups is 1. The van der Waals surface area contributed by atoms with Crippen molar-refractivity contribution >= 4 is 23.0 Å². The van der Waals surface area contributed by atoms with Crippen molar-refractivity contribution in [3.05, 3.63) is 54.6 Å². The Morgan fingerprint density at radius 1 is 0.944 bits per heavy atom. The lowest BCUT2D eigenvalue weighted by Gasteiger charge is -2.01. The fourth-order valence-electron chi connectivity index (χ4n) is 1.46. The van der Waals surface area contributed by atoms with E-state index in [0.717, 1.165) is 5.69 Å². The van der Waals surface area contributed by atoms with E-state index in [0.29, 0.717) is 11.4 Å². The molecular weight excluding hydrogens is 226 g/mol. The van der Waals surface area contributed by atoms with Gasteiger partial charge < -0.3 is 5.32 Å². The molecule has 0 spiro atoms. The van der Waals surface area contributed by atoms with Crippen LogP contribution in [0.25, 0.3) is 0 Å². The molecule has 4 nitrogen and oxygen atoms in total. The van der Waals surface area contributed by atoms with Gasteiger partial charge in [0.15, 0.2) is 0 Å². The summed E-state index contributed by atoms with van der Waals surface area (Å²) in [6.45, 7) is 1.47. The summed E-state index contributed by atoms with van der Waals surface area (Å²) in [5.74, 6) is -0.104. The van der Waals surface area contributed by atoms with Crippen LogP contribution in [-0.4, -0.2) is 5.91 Å². The van der Waals surface area contributed by atoms with Gasteiger partial charge in [-0.1, -0.05) is 24.3 Å². The van der Waals surface area contributed by atoms with Crippen LogP contribution in [0.2, 0.25) is 0 Å². The second-order valence-electron chi connectivity index (χ2n) is 3.77. The van der Waals surface area contributed by atoms with Gasteiger partial charge in [0.25, 0.3) is 0 Å². The lowest BCUT2D eigenvalue weighted by molar-refractivity contribution is -0.114. The van der Waals surface area contributed by atoms with E-state index in [1.54, 1.807) is 6.07 Å². The second kappa shape index (κ2) is 5.72. The van der Waals surface area contributed by atoms with Gasteiger partial charge in [0, 0.05) is 12.6 Å². The Balaban J connectivity index is 2.14. The van der Waals surface area contributed by atoms with Gasteiger partial charge in [-0.2, -0.15) is 10.2 Å². The molecule has 1 N–H and O–H groups in total. The van der Waals surface area contributed by atoms with E-state index in [9.17, 15) is 4.79 Å². The van der Waals surface area contributed by atoms with Gasteiger partial charge in [-0.15, -0.1) is 0 Å². The van der Waals surface area contributed by atoms with Crippen LogP contribution in [0.1, 0.15) is 6.92 Å². The van der Waals surface area contributed by atoms with Crippen LogP contribution in [0.4, 0.5) is 17.1 Å². The summed E-state index contributed by atoms with van der Waals surface area (Å²) < 4.78 is 0. The highest BCUT2D eigenvalue weighted by atomic mass is 16.1. The third-order valence-electron chi connectivity index (χ3n) is 2.20. The fraction of sp³-hybridized carbons (Fsp3) is 0.0714. The predicted octanol–water partition coefficient (Wildman–Crippen LogP) is 4.06. The Labute approximate surface area is 105 Å². The number of hydrogen-bond donors (Lipinski definition) is 1. The molecule has 0 fully saturated rings. The molecule has 0 saturated heterocycles. The number of carbonyl (C=O) groups excluding carboxylic acids is 1. The van der Waals surface area contributed by atoms with Gasteiger partial charge in [0.2, 0.25) is 5.91 Å². The van der Waals surface area contributed by atoms with Gasteiger partial charge in [0.1, 0.15) is 0 Å². The zero-order chi connectivity index (χ0) is 12.8. The Morgan fingerprint density at radius 3 is 2.33 bits per heavy atom. The van der Waals surface area contributed by atoms with Crippen molar-refractivity contribution in [2.75, 3.05) is 5.32 Å². The quantitative estimate of drug-likeness (QED) is 0.807. The molecule has 0 aliphatic heterocycles. The van der Waals surface area contributed by atoms with E-state index in [-0.39, 0.29) is 5.91 Å². The maximum atomic E-state index is 10.9. The van der Waals surface area contributed by atoms with Gasteiger partial charge in [-0.25, -0.2) is 0 Å². The fourth-order valence-corrected chi connectivity index (χ4v) is 1.46. The van der Waals surface area contributed by atoms with Crippen LogP contribution in [-0.2, 0) is 4.79 Å². The Bertz CT molecular complexity index is 564. The zero-order valence-electron chi connectivity index (χ0n) is 10.00. The SMILES string of the molecule is CC(=O)Nc1cccc(N=Nc2ccccc2)c1. The van der Waals surface area contributed by atoms with E-state index in [4.69, 9.17) is 0 Å². The molecule has 0 bridgehead atoms. The number of nitrogens with one attached hydrogen (secondary N) is 1. The smallest absolute Gasteiger partial charge is 0.221 e. The molecule has 0 radical (unpaired) electrons. The summed E-state index contributed by atoms with van der Waals surface area (Å²) in [7, 11) is 0. The number of azo groups is 1. The lowest BCUT2D eigenvalue weighted by Crippen LogP contribution is -2.04. The Morgan fingerprint density at radius 2 is 1.61 bits per heavy atom. The summed E-state index contributed by atoms with van der Waals surface area (Å²) in [5, 5.41) is 10.9. The number of benzene rings is 2. The van der Waals surface area contributed by atoms with Crippen molar-refractivity contribution < 1.29 is 4.79 Å². The predicted molar refractivity (Wildman–Crippen MR) is 71.4 cm³/mol. The minimum atomic E-state index is -0.104. The number of anilines is 1. The van der Waals surface area contributed by atoms with Gasteiger partial charge in [0.05, 0.1) is 11.4 Å². The first-order chi connectivity index (χ1) is 8.74. The highest BCUT2D eigenvalue weighted by Gasteiger charge is 1.96. The van der Waals surface area contributed by atoms with Gasteiger partial charge in [-0.05, 0) is 30.3 Å². The van der Waals surface area contributed by atoms with Crippen LogP contribution in [0.3, 0.4) is 0 Å². The van der Waals surface area contributed by atoms with Crippen LogP contribution < -0.4 is 5.32 Å². The molecule has 0 aliphatic carbocycles. The highest BCUT2D eigenvalue weighted by molar-refractivity contribution is 5.89. The minimum Gasteiger partial charge on any atom is -0.326 e. The molecule has 0 aliphatic rings. The zero-order valence-corrected chi connectivity index (χ0v) is 10.00.